The third kappa shape index (κ3) is 0.948. The first-order valence-electron chi connectivity index (χ1n) is 4.17. The average molecular weight is 155 g/mol. The molecule has 0 amide bonds. The van der Waals surface area contributed by atoms with Crippen LogP contribution in [0.1, 0.15) is 19.3 Å². The summed E-state index contributed by atoms with van der Waals surface area (Å²) in [6.07, 6.45) is 2.97. The third-order valence-electron chi connectivity index (χ3n) is 3.18. The van der Waals surface area contributed by atoms with Gasteiger partial charge in [-0.15, -0.1) is 0 Å². The van der Waals surface area contributed by atoms with Crippen LogP contribution in [0.4, 0.5) is 0 Å². The van der Waals surface area contributed by atoms with Gasteiger partial charge in [-0.2, -0.15) is 0 Å². The standard InChI is InChI=1S/C8H13NO2/c9-7-3-4-1-5(7)6(2-4)8(10)11/h4-7H,1-3,9H2,(H,10,11). The molecule has 11 heavy (non-hydrogen) atoms. The van der Waals surface area contributed by atoms with Gasteiger partial charge in [-0.05, 0) is 31.1 Å². The van der Waals surface area contributed by atoms with Gasteiger partial charge in [0.05, 0.1) is 5.92 Å². The van der Waals surface area contributed by atoms with E-state index < -0.39 is 5.97 Å². The fourth-order valence-corrected chi connectivity index (χ4v) is 2.69. The Hall–Kier alpha value is -0.570. The molecule has 3 heteroatoms. The predicted octanol–water partition coefficient (Wildman–Crippen LogP) is 0.444. The van der Waals surface area contributed by atoms with Gasteiger partial charge in [0.1, 0.15) is 0 Å². The lowest BCUT2D eigenvalue weighted by molar-refractivity contribution is -0.143. The van der Waals surface area contributed by atoms with Crippen molar-refractivity contribution in [2.75, 3.05) is 0 Å². The van der Waals surface area contributed by atoms with E-state index in [0.717, 1.165) is 19.3 Å². The van der Waals surface area contributed by atoms with Crippen LogP contribution in [0.25, 0.3) is 0 Å². The van der Waals surface area contributed by atoms with Crippen LogP contribution in [0.5, 0.6) is 0 Å². The zero-order chi connectivity index (χ0) is 8.01. The number of aliphatic carboxylic acids is 1. The van der Waals surface area contributed by atoms with Crippen LogP contribution in [0.15, 0.2) is 0 Å². The Labute approximate surface area is 65.6 Å². The molecule has 4 unspecified atom stereocenters. The van der Waals surface area contributed by atoms with Gasteiger partial charge in [0.2, 0.25) is 0 Å². The normalized spacial score (nSPS) is 48.1. The molecule has 2 aliphatic carbocycles. The molecule has 0 radical (unpaired) electrons. The molecule has 4 atom stereocenters. The van der Waals surface area contributed by atoms with E-state index in [9.17, 15) is 4.79 Å². The number of hydrogen-bond donors (Lipinski definition) is 2. The lowest BCUT2D eigenvalue weighted by Crippen LogP contribution is -2.35. The highest BCUT2D eigenvalue weighted by Crippen LogP contribution is 2.47. The Kier molecular flexibility index (Phi) is 1.42. The summed E-state index contributed by atoms with van der Waals surface area (Å²) in [5, 5.41) is 8.80. The molecule has 3 N–H and O–H groups in total. The average Bonchev–Trinajstić information content (AvgIpc) is 2.43. The monoisotopic (exact) mass is 155 g/mol. The quantitative estimate of drug-likeness (QED) is 0.577. The fourth-order valence-electron chi connectivity index (χ4n) is 2.69. The van der Waals surface area contributed by atoms with Crippen molar-refractivity contribution in [1.29, 1.82) is 0 Å². The fraction of sp³-hybridized carbons (Fsp3) is 0.875. The zero-order valence-corrected chi connectivity index (χ0v) is 6.36. The summed E-state index contributed by atoms with van der Waals surface area (Å²) in [5.41, 5.74) is 5.78. The van der Waals surface area contributed by atoms with E-state index in [1.165, 1.54) is 0 Å². The van der Waals surface area contributed by atoms with Crippen molar-refractivity contribution in [2.24, 2.45) is 23.5 Å². The van der Waals surface area contributed by atoms with Crippen molar-refractivity contribution in [1.82, 2.24) is 0 Å². The molecule has 2 aliphatic rings. The predicted molar refractivity (Wildman–Crippen MR) is 39.9 cm³/mol. The summed E-state index contributed by atoms with van der Waals surface area (Å²) >= 11 is 0. The van der Waals surface area contributed by atoms with Gasteiger partial charge in [-0.1, -0.05) is 0 Å². The van der Waals surface area contributed by atoms with Crippen LogP contribution in [-0.2, 0) is 4.79 Å². The van der Waals surface area contributed by atoms with Crippen LogP contribution in [0, 0.1) is 17.8 Å². The van der Waals surface area contributed by atoms with Crippen LogP contribution < -0.4 is 5.73 Å². The third-order valence-corrected chi connectivity index (χ3v) is 3.18. The van der Waals surface area contributed by atoms with E-state index in [1.54, 1.807) is 0 Å². The summed E-state index contributed by atoms with van der Waals surface area (Å²) in [4.78, 5) is 10.7. The molecule has 2 bridgehead atoms. The highest BCUT2D eigenvalue weighted by Gasteiger charge is 2.47. The molecule has 2 rings (SSSR count). The second-order valence-corrected chi connectivity index (χ2v) is 3.85. The highest BCUT2D eigenvalue weighted by atomic mass is 16.4. The summed E-state index contributed by atoms with van der Waals surface area (Å²) < 4.78 is 0. The van der Waals surface area contributed by atoms with Gasteiger partial charge in [-0.3, -0.25) is 4.79 Å². The maximum absolute atomic E-state index is 10.7. The van der Waals surface area contributed by atoms with E-state index in [-0.39, 0.29) is 17.9 Å². The molecule has 2 saturated carbocycles. The second kappa shape index (κ2) is 2.21. The number of hydrogen-bond acceptors (Lipinski definition) is 2. The van der Waals surface area contributed by atoms with E-state index in [0.29, 0.717) is 5.92 Å². The Balaban J connectivity index is 2.12. The molecule has 0 aromatic carbocycles. The molecule has 0 aromatic heterocycles. The molecule has 0 spiro atoms. The lowest BCUT2D eigenvalue weighted by Gasteiger charge is -2.23. The Bertz CT molecular complexity index is 193. The summed E-state index contributed by atoms with van der Waals surface area (Å²) in [5.74, 6) is 0.102. The number of carboxylic acids is 1. The van der Waals surface area contributed by atoms with Gasteiger partial charge in [-0.25, -0.2) is 0 Å². The lowest BCUT2D eigenvalue weighted by atomic mass is 9.86. The molecular formula is C8H13NO2. The highest BCUT2D eigenvalue weighted by molar-refractivity contribution is 5.71. The van der Waals surface area contributed by atoms with Crippen LogP contribution >= 0.6 is 0 Å². The molecule has 2 fully saturated rings. The van der Waals surface area contributed by atoms with Crippen LogP contribution in [0.3, 0.4) is 0 Å². The maximum Gasteiger partial charge on any atom is 0.306 e. The zero-order valence-electron chi connectivity index (χ0n) is 6.36. The molecule has 3 nitrogen and oxygen atoms in total. The second-order valence-electron chi connectivity index (χ2n) is 3.85. The van der Waals surface area contributed by atoms with E-state index in [2.05, 4.69) is 0 Å². The first kappa shape index (κ1) is 7.10. The smallest absolute Gasteiger partial charge is 0.306 e. The van der Waals surface area contributed by atoms with E-state index >= 15 is 0 Å². The van der Waals surface area contributed by atoms with E-state index in [4.69, 9.17) is 10.8 Å². The van der Waals surface area contributed by atoms with Crippen molar-refractivity contribution in [3.05, 3.63) is 0 Å². The van der Waals surface area contributed by atoms with Gasteiger partial charge in [0.25, 0.3) is 0 Å². The summed E-state index contributed by atoms with van der Waals surface area (Å²) in [6, 6.07) is 0.162. The largest absolute Gasteiger partial charge is 0.481 e. The molecule has 62 valence electrons. The van der Waals surface area contributed by atoms with Crippen molar-refractivity contribution >= 4 is 5.97 Å². The van der Waals surface area contributed by atoms with Crippen molar-refractivity contribution in [2.45, 2.75) is 25.3 Å². The van der Waals surface area contributed by atoms with Gasteiger partial charge >= 0.3 is 5.97 Å². The van der Waals surface area contributed by atoms with Crippen LogP contribution in [0.2, 0.25) is 0 Å². The minimum atomic E-state index is -0.646. The maximum atomic E-state index is 10.7. The number of nitrogens with two attached hydrogens (primary N) is 1. The molecule has 0 heterocycles. The number of fused-ring (bicyclic) bond motifs is 2. The first-order valence-corrected chi connectivity index (χ1v) is 4.17. The van der Waals surface area contributed by atoms with Gasteiger partial charge in [0, 0.05) is 6.04 Å². The first-order chi connectivity index (χ1) is 5.18. The van der Waals surface area contributed by atoms with Gasteiger partial charge in [0.15, 0.2) is 0 Å². The van der Waals surface area contributed by atoms with Gasteiger partial charge < -0.3 is 10.8 Å². The summed E-state index contributed by atoms with van der Waals surface area (Å²) in [6.45, 7) is 0. The molecule has 0 saturated heterocycles. The number of carbonyl (C=O) groups is 1. The number of carboxylic acid groups (broad SMARTS) is 1. The Morgan fingerprint density at radius 2 is 2.09 bits per heavy atom. The minimum absolute atomic E-state index is 0.135. The Morgan fingerprint density at radius 1 is 1.36 bits per heavy atom. The SMILES string of the molecule is NC1CC2CC(C(=O)O)C1C2. The van der Waals surface area contributed by atoms with Crippen LogP contribution in [-0.4, -0.2) is 17.1 Å². The van der Waals surface area contributed by atoms with Crippen molar-refractivity contribution in [3.63, 3.8) is 0 Å². The van der Waals surface area contributed by atoms with Crippen molar-refractivity contribution < 1.29 is 9.90 Å². The van der Waals surface area contributed by atoms with Crippen molar-refractivity contribution in [3.8, 4) is 0 Å². The topological polar surface area (TPSA) is 63.3 Å². The van der Waals surface area contributed by atoms with E-state index in [1.807, 2.05) is 0 Å². The summed E-state index contributed by atoms with van der Waals surface area (Å²) in [7, 11) is 0. The number of rotatable bonds is 1. The molecule has 0 aliphatic heterocycles. The molecule has 0 aromatic rings. The Morgan fingerprint density at radius 3 is 2.45 bits per heavy atom. The minimum Gasteiger partial charge on any atom is -0.481 e. The molecular weight excluding hydrogens is 142 g/mol.